The molecule has 0 saturated carbocycles. The van der Waals surface area contributed by atoms with E-state index in [2.05, 4.69) is 17.4 Å². The average Bonchev–Trinajstić information content (AvgIpc) is 2.53. The van der Waals surface area contributed by atoms with Gasteiger partial charge < -0.3 is 15.3 Å². The zero-order chi connectivity index (χ0) is 16.8. The maximum atomic E-state index is 11.8. The van der Waals surface area contributed by atoms with Crippen LogP contribution in [0.3, 0.4) is 0 Å². The molecule has 0 aromatic heterocycles. The SMILES string of the molecule is CC(=O)N1CC(CC(O)C(C)C)CC(NCc2ccccc2)C1. The number of likely N-dealkylation sites (tertiary alicyclic amines) is 1. The van der Waals surface area contributed by atoms with Crippen LogP contribution in [0.1, 0.15) is 39.2 Å². The molecule has 23 heavy (non-hydrogen) atoms. The number of benzene rings is 1. The van der Waals surface area contributed by atoms with Gasteiger partial charge in [0.25, 0.3) is 0 Å². The van der Waals surface area contributed by atoms with Crippen LogP contribution in [0.25, 0.3) is 0 Å². The van der Waals surface area contributed by atoms with Gasteiger partial charge in [0.1, 0.15) is 0 Å². The fourth-order valence-electron chi connectivity index (χ4n) is 3.25. The van der Waals surface area contributed by atoms with Crippen molar-refractivity contribution in [3.8, 4) is 0 Å². The molecule has 1 aliphatic rings. The van der Waals surface area contributed by atoms with Gasteiger partial charge in [-0.15, -0.1) is 0 Å². The van der Waals surface area contributed by atoms with Gasteiger partial charge in [0, 0.05) is 32.6 Å². The summed E-state index contributed by atoms with van der Waals surface area (Å²) in [5, 5.41) is 13.8. The number of nitrogens with one attached hydrogen (secondary N) is 1. The fraction of sp³-hybridized carbons (Fsp3) is 0.632. The first-order valence-electron chi connectivity index (χ1n) is 8.66. The van der Waals surface area contributed by atoms with Crippen LogP contribution in [0.5, 0.6) is 0 Å². The van der Waals surface area contributed by atoms with Crippen LogP contribution in [0.15, 0.2) is 30.3 Å². The van der Waals surface area contributed by atoms with Gasteiger partial charge >= 0.3 is 0 Å². The van der Waals surface area contributed by atoms with Crippen molar-refractivity contribution in [2.45, 2.75) is 52.3 Å². The number of carbonyl (C=O) groups is 1. The number of piperidine rings is 1. The average molecular weight is 318 g/mol. The van der Waals surface area contributed by atoms with Crippen LogP contribution in [0.4, 0.5) is 0 Å². The summed E-state index contributed by atoms with van der Waals surface area (Å²) in [5.74, 6) is 0.747. The van der Waals surface area contributed by atoms with E-state index in [0.717, 1.165) is 32.5 Å². The lowest BCUT2D eigenvalue weighted by Crippen LogP contribution is -2.51. The van der Waals surface area contributed by atoms with Crippen molar-refractivity contribution in [2.24, 2.45) is 11.8 Å². The lowest BCUT2D eigenvalue weighted by Gasteiger charge is -2.39. The van der Waals surface area contributed by atoms with Crippen molar-refractivity contribution in [3.05, 3.63) is 35.9 Å². The zero-order valence-electron chi connectivity index (χ0n) is 14.5. The molecule has 2 N–H and O–H groups in total. The second kappa shape index (κ2) is 8.46. The Kier molecular flexibility index (Phi) is 6.60. The summed E-state index contributed by atoms with van der Waals surface area (Å²) in [6.45, 7) is 8.06. The molecule has 2 rings (SSSR count). The minimum Gasteiger partial charge on any atom is -0.393 e. The van der Waals surface area contributed by atoms with Gasteiger partial charge in [-0.3, -0.25) is 4.79 Å². The molecular weight excluding hydrogens is 288 g/mol. The second-order valence-electron chi connectivity index (χ2n) is 7.14. The first-order valence-corrected chi connectivity index (χ1v) is 8.66. The summed E-state index contributed by atoms with van der Waals surface area (Å²) in [7, 11) is 0. The highest BCUT2D eigenvalue weighted by Crippen LogP contribution is 2.24. The molecule has 3 unspecified atom stereocenters. The molecule has 1 heterocycles. The Morgan fingerprint density at radius 1 is 1.30 bits per heavy atom. The number of amides is 1. The lowest BCUT2D eigenvalue weighted by molar-refractivity contribution is -0.131. The topological polar surface area (TPSA) is 52.6 Å². The first kappa shape index (κ1) is 18.0. The van der Waals surface area contributed by atoms with Crippen LogP contribution >= 0.6 is 0 Å². The highest BCUT2D eigenvalue weighted by molar-refractivity contribution is 5.73. The van der Waals surface area contributed by atoms with E-state index in [4.69, 9.17) is 0 Å². The van der Waals surface area contributed by atoms with Crippen LogP contribution in [-0.4, -0.2) is 41.1 Å². The Morgan fingerprint density at radius 2 is 2.00 bits per heavy atom. The highest BCUT2D eigenvalue weighted by Gasteiger charge is 2.30. The highest BCUT2D eigenvalue weighted by atomic mass is 16.3. The number of carbonyl (C=O) groups excluding carboxylic acids is 1. The third kappa shape index (κ3) is 5.63. The summed E-state index contributed by atoms with van der Waals surface area (Å²) in [6.07, 6.45) is 1.49. The summed E-state index contributed by atoms with van der Waals surface area (Å²) >= 11 is 0. The van der Waals surface area contributed by atoms with Gasteiger partial charge in [0.15, 0.2) is 0 Å². The largest absolute Gasteiger partial charge is 0.393 e. The third-order valence-electron chi connectivity index (χ3n) is 4.76. The van der Waals surface area contributed by atoms with Crippen LogP contribution in [-0.2, 0) is 11.3 Å². The number of rotatable bonds is 6. The van der Waals surface area contributed by atoms with E-state index in [1.165, 1.54) is 5.56 Å². The monoisotopic (exact) mass is 318 g/mol. The maximum absolute atomic E-state index is 11.8. The number of aliphatic hydroxyl groups excluding tert-OH is 1. The summed E-state index contributed by atoms with van der Waals surface area (Å²) in [5.41, 5.74) is 1.26. The van der Waals surface area contributed by atoms with Crippen LogP contribution < -0.4 is 5.32 Å². The Morgan fingerprint density at radius 3 is 2.61 bits per heavy atom. The van der Waals surface area contributed by atoms with Crippen molar-refractivity contribution >= 4 is 5.91 Å². The lowest BCUT2D eigenvalue weighted by atomic mass is 9.86. The number of nitrogens with zero attached hydrogens (tertiary/aromatic N) is 1. The molecule has 4 nitrogen and oxygen atoms in total. The van der Waals surface area contributed by atoms with E-state index < -0.39 is 0 Å². The van der Waals surface area contributed by atoms with Crippen LogP contribution in [0, 0.1) is 11.8 Å². The van der Waals surface area contributed by atoms with E-state index in [1.807, 2.05) is 36.9 Å². The van der Waals surface area contributed by atoms with E-state index in [0.29, 0.717) is 5.92 Å². The summed E-state index contributed by atoms with van der Waals surface area (Å²) in [6, 6.07) is 10.6. The van der Waals surface area contributed by atoms with Crippen molar-refractivity contribution in [1.29, 1.82) is 0 Å². The molecule has 1 amide bonds. The summed E-state index contributed by atoms with van der Waals surface area (Å²) < 4.78 is 0. The molecule has 128 valence electrons. The quantitative estimate of drug-likeness (QED) is 0.847. The van der Waals surface area contributed by atoms with E-state index >= 15 is 0 Å². The Labute approximate surface area is 139 Å². The van der Waals surface area contributed by atoms with Gasteiger partial charge in [-0.05, 0) is 30.2 Å². The molecule has 0 radical (unpaired) electrons. The Balaban J connectivity index is 1.93. The minimum atomic E-state index is -0.290. The molecule has 1 aliphatic heterocycles. The van der Waals surface area contributed by atoms with E-state index in [-0.39, 0.29) is 24.0 Å². The fourth-order valence-corrected chi connectivity index (χ4v) is 3.25. The smallest absolute Gasteiger partial charge is 0.219 e. The molecule has 3 atom stereocenters. The standard InChI is InChI=1S/C19H30N2O2/c1-14(2)19(23)10-17-9-18(13-21(12-17)15(3)22)20-11-16-7-5-4-6-8-16/h4-8,14,17-20,23H,9-13H2,1-3H3. The molecule has 0 spiro atoms. The van der Waals surface area contributed by atoms with Crippen molar-refractivity contribution in [1.82, 2.24) is 10.2 Å². The zero-order valence-corrected chi connectivity index (χ0v) is 14.5. The molecule has 1 saturated heterocycles. The molecule has 1 aromatic carbocycles. The predicted molar refractivity (Wildman–Crippen MR) is 92.9 cm³/mol. The van der Waals surface area contributed by atoms with Gasteiger partial charge in [-0.1, -0.05) is 44.2 Å². The molecule has 0 aliphatic carbocycles. The van der Waals surface area contributed by atoms with E-state index in [9.17, 15) is 9.90 Å². The number of aliphatic hydroxyl groups is 1. The van der Waals surface area contributed by atoms with Crippen molar-refractivity contribution < 1.29 is 9.90 Å². The first-order chi connectivity index (χ1) is 11.0. The second-order valence-corrected chi connectivity index (χ2v) is 7.14. The van der Waals surface area contributed by atoms with Crippen LogP contribution in [0.2, 0.25) is 0 Å². The third-order valence-corrected chi connectivity index (χ3v) is 4.76. The van der Waals surface area contributed by atoms with Gasteiger partial charge in [0.05, 0.1) is 6.10 Å². The Bertz CT molecular complexity index is 489. The van der Waals surface area contributed by atoms with Gasteiger partial charge in [-0.25, -0.2) is 0 Å². The normalized spacial score (nSPS) is 23.1. The molecule has 1 fully saturated rings. The maximum Gasteiger partial charge on any atom is 0.219 e. The predicted octanol–water partition coefficient (Wildman–Crippen LogP) is 2.42. The minimum absolute atomic E-state index is 0.125. The molecule has 1 aromatic rings. The van der Waals surface area contributed by atoms with E-state index in [1.54, 1.807) is 6.92 Å². The molecule has 0 bridgehead atoms. The van der Waals surface area contributed by atoms with Gasteiger partial charge in [-0.2, -0.15) is 0 Å². The molecule has 4 heteroatoms. The summed E-state index contributed by atoms with van der Waals surface area (Å²) in [4.78, 5) is 13.7. The van der Waals surface area contributed by atoms with Crippen molar-refractivity contribution in [3.63, 3.8) is 0 Å². The Hall–Kier alpha value is -1.39. The van der Waals surface area contributed by atoms with Gasteiger partial charge in [0.2, 0.25) is 5.91 Å². The molecular formula is C19H30N2O2. The number of hydrogen-bond donors (Lipinski definition) is 2. The number of hydrogen-bond acceptors (Lipinski definition) is 3. The van der Waals surface area contributed by atoms with Crippen molar-refractivity contribution in [2.75, 3.05) is 13.1 Å².